The molecule has 0 spiro atoms. The molecule has 0 saturated carbocycles. The van der Waals surface area contributed by atoms with Gasteiger partial charge in [0.05, 0.1) is 10.6 Å². The minimum absolute atomic E-state index is 0.251. The Morgan fingerprint density at radius 1 is 1.05 bits per heavy atom. The Kier molecular flexibility index (Phi) is 4.85. The molecule has 102 valence electrons. The number of hydrogen-bond donors (Lipinski definition) is 1. The molecular weight excluding hydrogens is 270 g/mol. The van der Waals surface area contributed by atoms with Crippen LogP contribution in [0.5, 0.6) is 0 Å². The Labute approximate surface area is 123 Å². The number of thiocarbonyl (C=S) groups is 1. The van der Waals surface area contributed by atoms with E-state index >= 15 is 0 Å². The van der Waals surface area contributed by atoms with E-state index in [4.69, 9.17) is 22.7 Å². The summed E-state index contributed by atoms with van der Waals surface area (Å²) in [5, 5.41) is 0. The van der Waals surface area contributed by atoms with Crippen LogP contribution in [0.25, 0.3) is 0 Å². The van der Waals surface area contributed by atoms with Gasteiger partial charge in [-0.2, -0.15) is 0 Å². The van der Waals surface area contributed by atoms with E-state index in [0.29, 0.717) is 17.0 Å². The Morgan fingerprint density at radius 2 is 1.70 bits per heavy atom. The van der Waals surface area contributed by atoms with Crippen LogP contribution in [0.4, 0.5) is 0 Å². The zero-order chi connectivity index (χ0) is 14.4. The Balaban J connectivity index is 2.07. The average Bonchev–Trinajstić information content (AvgIpc) is 2.46. The smallest absolute Gasteiger partial charge is 0.338 e. The molecule has 0 heterocycles. The first kappa shape index (κ1) is 14.2. The van der Waals surface area contributed by atoms with Crippen LogP contribution < -0.4 is 5.73 Å². The highest BCUT2D eigenvalue weighted by atomic mass is 32.1. The van der Waals surface area contributed by atoms with E-state index < -0.39 is 0 Å². The van der Waals surface area contributed by atoms with Gasteiger partial charge in [-0.3, -0.25) is 0 Å². The maximum Gasteiger partial charge on any atom is 0.338 e. The van der Waals surface area contributed by atoms with Crippen LogP contribution in [-0.2, 0) is 17.8 Å². The molecule has 2 rings (SSSR count). The van der Waals surface area contributed by atoms with Crippen LogP contribution in [0, 0.1) is 0 Å². The van der Waals surface area contributed by atoms with Crippen molar-refractivity contribution in [3.05, 3.63) is 71.3 Å². The number of ether oxygens (including phenoxy) is 1. The molecule has 0 aromatic heterocycles. The molecular formula is C16H15NO2S. The van der Waals surface area contributed by atoms with Crippen LogP contribution in [0.15, 0.2) is 54.6 Å². The second-order valence-corrected chi connectivity index (χ2v) is 4.89. The molecule has 0 bridgehead atoms. The number of carbonyl (C=O) groups is 1. The molecule has 4 heteroatoms. The molecule has 3 nitrogen and oxygen atoms in total. The molecule has 0 fully saturated rings. The summed E-state index contributed by atoms with van der Waals surface area (Å²) in [5.74, 6) is -0.360. The van der Waals surface area contributed by atoms with Gasteiger partial charge in [-0.1, -0.05) is 60.7 Å². The average molecular weight is 285 g/mol. The molecule has 0 radical (unpaired) electrons. The lowest BCUT2D eigenvalue weighted by atomic mass is 10.0. The molecule has 0 aliphatic carbocycles. The van der Waals surface area contributed by atoms with Gasteiger partial charge in [-0.25, -0.2) is 4.79 Å². The van der Waals surface area contributed by atoms with Crippen molar-refractivity contribution in [1.29, 1.82) is 0 Å². The number of rotatable bonds is 5. The number of hydrogen-bond acceptors (Lipinski definition) is 3. The Morgan fingerprint density at radius 3 is 2.40 bits per heavy atom. The van der Waals surface area contributed by atoms with Gasteiger partial charge in [0.1, 0.15) is 6.61 Å². The third kappa shape index (κ3) is 3.90. The maximum atomic E-state index is 12.1. The van der Waals surface area contributed by atoms with Gasteiger partial charge >= 0.3 is 5.97 Å². The molecule has 0 amide bonds. The molecule has 0 atom stereocenters. The van der Waals surface area contributed by atoms with E-state index in [1.807, 2.05) is 42.5 Å². The lowest BCUT2D eigenvalue weighted by molar-refractivity contribution is 0.0471. The molecule has 0 unspecified atom stereocenters. The highest BCUT2D eigenvalue weighted by molar-refractivity contribution is 7.80. The van der Waals surface area contributed by atoms with E-state index in [1.54, 1.807) is 12.1 Å². The first-order valence-electron chi connectivity index (χ1n) is 6.24. The van der Waals surface area contributed by atoms with E-state index in [0.717, 1.165) is 11.1 Å². The monoisotopic (exact) mass is 285 g/mol. The number of esters is 1. The van der Waals surface area contributed by atoms with Gasteiger partial charge in [-0.15, -0.1) is 0 Å². The normalized spacial score (nSPS) is 10.0. The van der Waals surface area contributed by atoms with Crippen molar-refractivity contribution in [2.45, 2.75) is 13.0 Å². The standard InChI is InChI=1S/C16H15NO2S/c17-15(20)10-13-8-4-5-9-14(13)16(18)19-11-12-6-2-1-3-7-12/h1-9H,10-11H2,(H2,17,20). The first-order chi connectivity index (χ1) is 9.66. The third-order valence-corrected chi connectivity index (χ3v) is 2.96. The lowest BCUT2D eigenvalue weighted by Gasteiger charge is -2.09. The van der Waals surface area contributed by atoms with E-state index in [9.17, 15) is 4.79 Å². The van der Waals surface area contributed by atoms with Gasteiger partial charge < -0.3 is 10.5 Å². The van der Waals surface area contributed by atoms with Crippen LogP contribution in [0.1, 0.15) is 21.5 Å². The summed E-state index contributed by atoms with van der Waals surface area (Å²) in [7, 11) is 0. The fraction of sp³-hybridized carbons (Fsp3) is 0.125. The Bertz CT molecular complexity index is 611. The van der Waals surface area contributed by atoms with Gasteiger partial charge in [0, 0.05) is 6.42 Å². The van der Waals surface area contributed by atoms with Crippen molar-refractivity contribution < 1.29 is 9.53 Å². The summed E-state index contributed by atoms with van der Waals surface area (Å²) in [4.78, 5) is 12.5. The molecule has 2 aromatic rings. The number of nitrogens with two attached hydrogens (primary N) is 1. The molecule has 20 heavy (non-hydrogen) atoms. The van der Waals surface area contributed by atoms with Gasteiger partial charge in [0.15, 0.2) is 0 Å². The van der Waals surface area contributed by atoms with Crippen molar-refractivity contribution in [1.82, 2.24) is 0 Å². The first-order valence-corrected chi connectivity index (χ1v) is 6.65. The van der Waals surface area contributed by atoms with Crippen molar-refractivity contribution in [3.63, 3.8) is 0 Å². The topological polar surface area (TPSA) is 52.3 Å². The minimum atomic E-state index is -0.360. The summed E-state index contributed by atoms with van der Waals surface area (Å²) < 4.78 is 5.31. The highest BCUT2D eigenvalue weighted by Gasteiger charge is 2.12. The summed E-state index contributed by atoms with van der Waals surface area (Å²) >= 11 is 4.89. The molecule has 0 aliphatic heterocycles. The predicted octanol–water partition coefficient (Wildman–Crippen LogP) is 2.87. The molecule has 2 aromatic carbocycles. The fourth-order valence-corrected chi connectivity index (χ4v) is 2.02. The SMILES string of the molecule is NC(=S)Cc1ccccc1C(=O)OCc1ccccc1. The largest absolute Gasteiger partial charge is 0.457 e. The third-order valence-electron chi connectivity index (χ3n) is 2.81. The summed E-state index contributed by atoms with van der Waals surface area (Å²) in [6.45, 7) is 0.251. The van der Waals surface area contributed by atoms with Gasteiger partial charge in [-0.05, 0) is 17.2 Å². The maximum absolute atomic E-state index is 12.1. The van der Waals surface area contributed by atoms with Crippen molar-refractivity contribution in [2.75, 3.05) is 0 Å². The zero-order valence-electron chi connectivity index (χ0n) is 10.9. The number of carbonyl (C=O) groups excluding carboxylic acids is 1. The quantitative estimate of drug-likeness (QED) is 0.678. The fourth-order valence-electron chi connectivity index (χ4n) is 1.86. The van der Waals surface area contributed by atoms with Gasteiger partial charge in [0.25, 0.3) is 0 Å². The Hall–Kier alpha value is -2.20. The van der Waals surface area contributed by atoms with Crippen molar-refractivity contribution in [2.24, 2.45) is 5.73 Å². The van der Waals surface area contributed by atoms with Crippen molar-refractivity contribution in [3.8, 4) is 0 Å². The molecule has 2 N–H and O–H groups in total. The summed E-state index contributed by atoms with van der Waals surface area (Å²) in [5.41, 5.74) is 7.79. The van der Waals surface area contributed by atoms with E-state index in [2.05, 4.69) is 0 Å². The van der Waals surface area contributed by atoms with Crippen LogP contribution in [-0.4, -0.2) is 11.0 Å². The second-order valence-electron chi connectivity index (χ2n) is 4.36. The van der Waals surface area contributed by atoms with Gasteiger partial charge in [0.2, 0.25) is 0 Å². The van der Waals surface area contributed by atoms with Crippen LogP contribution >= 0.6 is 12.2 Å². The lowest BCUT2D eigenvalue weighted by Crippen LogP contribution is -2.15. The van der Waals surface area contributed by atoms with E-state index in [-0.39, 0.29) is 12.6 Å². The minimum Gasteiger partial charge on any atom is -0.457 e. The summed E-state index contributed by atoms with van der Waals surface area (Å²) in [6.07, 6.45) is 0.395. The van der Waals surface area contributed by atoms with E-state index in [1.165, 1.54) is 0 Å². The highest BCUT2D eigenvalue weighted by Crippen LogP contribution is 2.12. The van der Waals surface area contributed by atoms with Crippen LogP contribution in [0.2, 0.25) is 0 Å². The second kappa shape index (κ2) is 6.82. The molecule has 0 aliphatic rings. The predicted molar refractivity (Wildman–Crippen MR) is 82.5 cm³/mol. The van der Waals surface area contributed by atoms with Crippen LogP contribution in [0.3, 0.4) is 0 Å². The number of benzene rings is 2. The van der Waals surface area contributed by atoms with Crippen molar-refractivity contribution >= 4 is 23.2 Å². The molecule has 0 saturated heterocycles. The zero-order valence-corrected chi connectivity index (χ0v) is 11.7. The summed E-state index contributed by atoms with van der Waals surface area (Å²) in [6, 6.07) is 16.8.